The highest BCUT2D eigenvalue weighted by Gasteiger charge is 2.27. The van der Waals surface area contributed by atoms with Gasteiger partial charge in [0, 0.05) is 13.0 Å². The lowest BCUT2D eigenvalue weighted by molar-refractivity contribution is -0.142. The number of hydrogen-bond acceptors (Lipinski definition) is 5. The van der Waals surface area contributed by atoms with E-state index < -0.39 is 17.8 Å². The Kier molecular flexibility index (Phi) is 7.55. The van der Waals surface area contributed by atoms with E-state index in [-0.39, 0.29) is 24.2 Å². The maximum Gasteiger partial charge on any atom is 0.407 e. The molecule has 23 heavy (non-hydrogen) atoms. The van der Waals surface area contributed by atoms with Crippen molar-refractivity contribution in [1.82, 2.24) is 5.32 Å². The molecule has 0 radical (unpaired) electrons. The van der Waals surface area contributed by atoms with E-state index >= 15 is 0 Å². The van der Waals surface area contributed by atoms with Gasteiger partial charge in [0.05, 0.1) is 13.2 Å². The van der Waals surface area contributed by atoms with Gasteiger partial charge in [-0.25, -0.2) is 4.79 Å². The Morgan fingerprint density at radius 3 is 2.57 bits per heavy atom. The van der Waals surface area contributed by atoms with Gasteiger partial charge >= 0.3 is 12.1 Å². The number of carbonyl (C=O) groups is 2. The summed E-state index contributed by atoms with van der Waals surface area (Å²) < 4.78 is 10.00. The minimum absolute atomic E-state index is 0.0528. The molecule has 6 nitrogen and oxygen atoms in total. The van der Waals surface area contributed by atoms with E-state index in [9.17, 15) is 14.7 Å². The highest BCUT2D eigenvalue weighted by molar-refractivity contribution is 5.69. The number of alkyl carbamates (subject to hydrolysis) is 1. The monoisotopic (exact) mass is 327 g/mol. The smallest absolute Gasteiger partial charge is 0.407 e. The highest BCUT2D eigenvalue weighted by atomic mass is 16.6. The molecule has 6 heteroatoms. The highest BCUT2D eigenvalue weighted by Crippen LogP contribution is 2.28. The van der Waals surface area contributed by atoms with Crippen LogP contribution in [-0.4, -0.2) is 42.5 Å². The van der Waals surface area contributed by atoms with Crippen molar-refractivity contribution in [2.24, 2.45) is 11.8 Å². The van der Waals surface area contributed by atoms with E-state index in [1.807, 2.05) is 26.8 Å². The molecule has 1 aliphatic carbocycles. The van der Waals surface area contributed by atoms with Crippen LogP contribution in [0.4, 0.5) is 4.79 Å². The molecule has 0 bridgehead atoms. The first-order chi connectivity index (χ1) is 10.7. The summed E-state index contributed by atoms with van der Waals surface area (Å²) in [4.78, 5) is 23.4. The zero-order valence-electron chi connectivity index (χ0n) is 14.5. The van der Waals surface area contributed by atoms with Crippen molar-refractivity contribution in [2.75, 3.05) is 13.7 Å². The number of nitrogens with one attached hydrogen (secondary N) is 1. The summed E-state index contributed by atoms with van der Waals surface area (Å²) in [5.74, 6) is -0.112. The van der Waals surface area contributed by atoms with Crippen molar-refractivity contribution < 1.29 is 24.2 Å². The first-order valence-electron chi connectivity index (χ1n) is 8.09. The van der Waals surface area contributed by atoms with Crippen molar-refractivity contribution in [3.8, 4) is 0 Å². The minimum atomic E-state index is -0.541. The number of esters is 1. The molecule has 0 aliphatic heterocycles. The lowest BCUT2D eigenvalue weighted by atomic mass is 9.81. The first kappa shape index (κ1) is 19.5. The van der Waals surface area contributed by atoms with Crippen molar-refractivity contribution in [3.63, 3.8) is 0 Å². The van der Waals surface area contributed by atoms with Gasteiger partial charge in [-0.1, -0.05) is 12.2 Å². The normalized spacial score (nSPS) is 26.6. The Morgan fingerprint density at radius 2 is 1.96 bits per heavy atom. The molecule has 0 aromatic carbocycles. The predicted octanol–water partition coefficient (Wildman–Crippen LogP) is 2.41. The number of methoxy groups -OCH3 is 1. The Morgan fingerprint density at radius 1 is 1.26 bits per heavy atom. The summed E-state index contributed by atoms with van der Waals surface area (Å²) in [5.41, 5.74) is -0.541. The number of hydrogen-bond donors (Lipinski definition) is 2. The molecule has 0 aromatic rings. The maximum absolute atomic E-state index is 11.8. The molecule has 0 aromatic heterocycles. The van der Waals surface area contributed by atoms with E-state index in [2.05, 4.69) is 5.32 Å². The zero-order valence-corrected chi connectivity index (χ0v) is 14.5. The summed E-state index contributed by atoms with van der Waals surface area (Å²) in [6, 6.07) is 0. The van der Waals surface area contributed by atoms with Crippen LogP contribution in [-0.2, 0) is 14.3 Å². The second-order valence-electron chi connectivity index (χ2n) is 6.99. The van der Waals surface area contributed by atoms with Crippen LogP contribution < -0.4 is 5.32 Å². The van der Waals surface area contributed by atoms with E-state index in [4.69, 9.17) is 9.47 Å². The molecule has 2 N–H and O–H groups in total. The minimum Gasteiger partial charge on any atom is -0.469 e. The molecule has 0 heterocycles. The van der Waals surface area contributed by atoms with Crippen molar-refractivity contribution in [1.29, 1.82) is 0 Å². The third kappa shape index (κ3) is 8.02. The molecule has 2 unspecified atom stereocenters. The van der Waals surface area contributed by atoms with Crippen LogP contribution >= 0.6 is 0 Å². The maximum atomic E-state index is 11.8. The van der Waals surface area contributed by atoms with E-state index in [0.29, 0.717) is 25.8 Å². The predicted molar refractivity (Wildman–Crippen MR) is 86.8 cm³/mol. The number of allylic oxidation sites excluding steroid dienone is 1. The number of amides is 1. The lowest BCUT2D eigenvalue weighted by Gasteiger charge is -2.28. The van der Waals surface area contributed by atoms with Gasteiger partial charge in [0.1, 0.15) is 5.60 Å². The van der Waals surface area contributed by atoms with Gasteiger partial charge in [-0.05, 0) is 51.9 Å². The first-order valence-corrected chi connectivity index (χ1v) is 8.09. The number of carbonyl (C=O) groups excluding carboxylic acids is 2. The Hall–Kier alpha value is -1.56. The molecule has 0 saturated heterocycles. The third-order valence-electron chi connectivity index (χ3n) is 3.86. The van der Waals surface area contributed by atoms with Crippen LogP contribution in [0.25, 0.3) is 0 Å². The average Bonchev–Trinajstić information content (AvgIpc) is 2.43. The summed E-state index contributed by atoms with van der Waals surface area (Å²) in [7, 11) is 1.37. The molecular weight excluding hydrogens is 298 g/mol. The topological polar surface area (TPSA) is 84.9 Å². The third-order valence-corrected chi connectivity index (χ3v) is 3.86. The van der Waals surface area contributed by atoms with Crippen LogP contribution in [0.1, 0.15) is 46.5 Å². The van der Waals surface area contributed by atoms with E-state index in [0.717, 1.165) is 0 Å². The number of aliphatic hydroxyl groups is 1. The fourth-order valence-corrected chi connectivity index (χ4v) is 2.66. The molecule has 1 aliphatic rings. The molecule has 0 spiro atoms. The van der Waals surface area contributed by atoms with Crippen molar-refractivity contribution >= 4 is 12.1 Å². The summed E-state index contributed by atoms with van der Waals surface area (Å²) in [6.45, 7) is 5.86. The standard InChI is InChI=1S/C17H29NO5/c1-17(2,3)23-16(21)18-11-13-6-5-7-14(19)9-8-12(13)10-15(20)22-4/h5,7,12-14,19H,6,8-11H2,1-4H3,(H,18,21)/b7-5-/t12?,13?,14-/m0/s1. The summed E-state index contributed by atoms with van der Waals surface area (Å²) >= 11 is 0. The molecule has 0 fully saturated rings. The number of aliphatic hydroxyl groups excluding tert-OH is 1. The van der Waals surface area contributed by atoms with Crippen LogP contribution in [0, 0.1) is 11.8 Å². The van der Waals surface area contributed by atoms with E-state index in [1.54, 1.807) is 6.08 Å². The van der Waals surface area contributed by atoms with Gasteiger partial charge < -0.3 is 19.9 Å². The number of ether oxygens (including phenoxy) is 2. The largest absolute Gasteiger partial charge is 0.469 e. The fourth-order valence-electron chi connectivity index (χ4n) is 2.66. The van der Waals surface area contributed by atoms with Crippen LogP contribution in [0.2, 0.25) is 0 Å². The Labute approximate surface area is 138 Å². The van der Waals surface area contributed by atoms with Crippen LogP contribution in [0.5, 0.6) is 0 Å². The number of rotatable bonds is 4. The van der Waals surface area contributed by atoms with Gasteiger partial charge in [-0.15, -0.1) is 0 Å². The van der Waals surface area contributed by atoms with Gasteiger partial charge in [-0.3, -0.25) is 4.79 Å². The van der Waals surface area contributed by atoms with Crippen molar-refractivity contribution in [2.45, 2.75) is 58.2 Å². The fraction of sp³-hybridized carbons (Fsp3) is 0.765. The Bertz CT molecular complexity index is 427. The molecule has 132 valence electrons. The lowest BCUT2D eigenvalue weighted by Crippen LogP contribution is -2.37. The molecule has 3 atom stereocenters. The second-order valence-corrected chi connectivity index (χ2v) is 6.99. The summed E-state index contributed by atoms with van der Waals surface area (Å²) in [6.07, 6.45) is 5.04. The molecule has 1 rings (SSSR count). The van der Waals surface area contributed by atoms with Gasteiger partial charge in [0.15, 0.2) is 0 Å². The second kappa shape index (κ2) is 8.91. The van der Waals surface area contributed by atoms with E-state index in [1.165, 1.54) is 7.11 Å². The molecular formula is C17H29NO5. The van der Waals surface area contributed by atoms with Crippen molar-refractivity contribution in [3.05, 3.63) is 12.2 Å². The van der Waals surface area contributed by atoms with Crippen LogP contribution in [0.3, 0.4) is 0 Å². The quantitative estimate of drug-likeness (QED) is 0.612. The van der Waals surface area contributed by atoms with Gasteiger partial charge in [-0.2, -0.15) is 0 Å². The SMILES string of the molecule is COC(=O)CC1CC[C@@H](O)/C=C\CC1CNC(=O)OC(C)(C)C. The van der Waals surface area contributed by atoms with Gasteiger partial charge in [0.2, 0.25) is 0 Å². The van der Waals surface area contributed by atoms with Crippen LogP contribution in [0.15, 0.2) is 12.2 Å². The zero-order chi connectivity index (χ0) is 17.5. The molecule has 1 amide bonds. The molecule has 0 saturated carbocycles. The summed E-state index contributed by atoms with van der Waals surface area (Å²) in [5, 5.41) is 12.5. The van der Waals surface area contributed by atoms with Gasteiger partial charge in [0.25, 0.3) is 0 Å². The Balaban J connectivity index is 2.65. The average molecular weight is 327 g/mol.